The minimum atomic E-state index is -0.539. The molecule has 3 atom stereocenters. The standard InChI is InChI=1S/C25H36N4O3/c1-17(30)28-15-13-21(19-6-3-2-4-7-19)23(28)25(32)29-14-5-8-22(29)24(31)27-16-18-9-11-20(26)12-10-18/h2-4,6-7,18,20-23H,5,8-16,26H2,1H3,(H,27,31)/t18?,20?,21-,22-,23+/m0/s1. The van der Waals surface area contributed by atoms with Crippen LogP contribution in [0, 0.1) is 5.92 Å². The van der Waals surface area contributed by atoms with Crippen LogP contribution in [0.5, 0.6) is 0 Å². The normalized spacial score (nSPS) is 30.4. The van der Waals surface area contributed by atoms with Gasteiger partial charge in [0.15, 0.2) is 0 Å². The molecule has 7 nitrogen and oxygen atoms in total. The van der Waals surface area contributed by atoms with E-state index >= 15 is 0 Å². The maximum absolute atomic E-state index is 13.7. The highest BCUT2D eigenvalue weighted by atomic mass is 16.2. The first-order valence-electron chi connectivity index (χ1n) is 12.1. The van der Waals surface area contributed by atoms with E-state index in [2.05, 4.69) is 5.32 Å². The molecule has 0 aromatic heterocycles. The number of hydrogen-bond acceptors (Lipinski definition) is 4. The third kappa shape index (κ3) is 4.82. The van der Waals surface area contributed by atoms with E-state index in [1.54, 1.807) is 9.80 Å². The molecule has 1 aromatic rings. The molecule has 3 N–H and O–H groups in total. The highest BCUT2D eigenvalue weighted by molar-refractivity contribution is 5.93. The lowest BCUT2D eigenvalue weighted by Crippen LogP contribution is -2.54. The second-order valence-electron chi connectivity index (χ2n) is 9.68. The molecule has 32 heavy (non-hydrogen) atoms. The van der Waals surface area contributed by atoms with Crippen LogP contribution in [-0.2, 0) is 14.4 Å². The third-order valence-electron chi connectivity index (χ3n) is 7.58. The van der Waals surface area contributed by atoms with E-state index in [1.165, 1.54) is 6.92 Å². The molecule has 0 spiro atoms. The van der Waals surface area contributed by atoms with Crippen molar-refractivity contribution in [3.8, 4) is 0 Å². The third-order valence-corrected chi connectivity index (χ3v) is 7.58. The molecule has 1 aromatic carbocycles. The molecule has 3 fully saturated rings. The Bertz CT molecular complexity index is 822. The van der Waals surface area contributed by atoms with Crippen LogP contribution in [0.1, 0.15) is 63.4 Å². The Morgan fingerprint density at radius 2 is 1.69 bits per heavy atom. The van der Waals surface area contributed by atoms with E-state index in [-0.39, 0.29) is 29.7 Å². The summed E-state index contributed by atoms with van der Waals surface area (Å²) in [6.07, 6.45) is 6.36. The van der Waals surface area contributed by atoms with Crippen molar-refractivity contribution >= 4 is 17.7 Å². The number of amides is 3. The number of likely N-dealkylation sites (tertiary alicyclic amines) is 2. The Balaban J connectivity index is 1.45. The molecule has 0 radical (unpaired) electrons. The number of nitrogens with one attached hydrogen (secondary N) is 1. The van der Waals surface area contributed by atoms with Crippen molar-refractivity contribution in [3.05, 3.63) is 35.9 Å². The molecule has 7 heteroatoms. The number of nitrogens with zero attached hydrogens (tertiary/aromatic N) is 2. The lowest BCUT2D eigenvalue weighted by atomic mass is 9.86. The number of nitrogens with two attached hydrogens (primary N) is 1. The number of carbonyl (C=O) groups excluding carboxylic acids is 3. The summed E-state index contributed by atoms with van der Waals surface area (Å²) in [7, 11) is 0. The van der Waals surface area contributed by atoms with Gasteiger partial charge in [-0.1, -0.05) is 30.3 Å². The SMILES string of the molecule is CC(=O)N1CC[C@@H](c2ccccc2)[C@@H]1C(=O)N1CCC[C@H]1C(=O)NCC1CCC(N)CC1. The van der Waals surface area contributed by atoms with Crippen LogP contribution < -0.4 is 11.1 Å². The molecule has 1 aliphatic carbocycles. The van der Waals surface area contributed by atoms with E-state index < -0.39 is 12.1 Å². The summed E-state index contributed by atoms with van der Waals surface area (Å²) < 4.78 is 0. The van der Waals surface area contributed by atoms with Gasteiger partial charge in [-0.3, -0.25) is 14.4 Å². The highest BCUT2D eigenvalue weighted by Gasteiger charge is 2.46. The second kappa shape index (κ2) is 10.0. The van der Waals surface area contributed by atoms with Gasteiger partial charge in [-0.25, -0.2) is 0 Å². The van der Waals surface area contributed by atoms with Gasteiger partial charge in [0.25, 0.3) is 0 Å². The lowest BCUT2D eigenvalue weighted by Gasteiger charge is -2.33. The Morgan fingerprint density at radius 1 is 0.969 bits per heavy atom. The monoisotopic (exact) mass is 440 g/mol. The predicted molar refractivity (Wildman–Crippen MR) is 123 cm³/mol. The molecule has 0 bridgehead atoms. The fourth-order valence-corrected chi connectivity index (χ4v) is 5.73. The number of hydrogen-bond donors (Lipinski definition) is 2. The van der Waals surface area contributed by atoms with Crippen molar-refractivity contribution in [2.24, 2.45) is 11.7 Å². The van der Waals surface area contributed by atoms with Gasteiger partial charge >= 0.3 is 0 Å². The molecular formula is C25H36N4O3. The Kier molecular flexibility index (Phi) is 7.13. The first-order chi connectivity index (χ1) is 15.5. The first-order valence-corrected chi connectivity index (χ1v) is 12.1. The van der Waals surface area contributed by atoms with Crippen LogP contribution in [0.4, 0.5) is 0 Å². The zero-order valence-corrected chi connectivity index (χ0v) is 19.0. The van der Waals surface area contributed by atoms with Gasteiger partial charge < -0.3 is 20.9 Å². The molecule has 1 saturated carbocycles. The molecule has 4 rings (SSSR count). The summed E-state index contributed by atoms with van der Waals surface area (Å²) in [4.78, 5) is 42.5. The first kappa shape index (κ1) is 22.8. The Morgan fingerprint density at radius 3 is 2.38 bits per heavy atom. The van der Waals surface area contributed by atoms with Gasteiger partial charge in [-0.2, -0.15) is 0 Å². The van der Waals surface area contributed by atoms with Crippen molar-refractivity contribution in [1.29, 1.82) is 0 Å². The zero-order valence-electron chi connectivity index (χ0n) is 19.0. The van der Waals surface area contributed by atoms with E-state index in [0.29, 0.717) is 32.0 Å². The lowest BCUT2D eigenvalue weighted by molar-refractivity contribution is -0.146. The molecule has 3 aliphatic rings. The summed E-state index contributed by atoms with van der Waals surface area (Å²) in [6, 6.07) is 9.26. The molecular weight excluding hydrogens is 404 g/mol. The predicted octanol–water partition coefficient (Wildman–Crippen LogP) is 2.02. The summed E-state index contributed by atoms with van der Waals surface area (Å²) in [5.74, 6) is 0.192. The van der Waals surface area contributed by atoms with E-state index in [9.17, 15) is 14.4 Å². The van der Waals surface area contributed by atoms with Gasteiger partial charge in [-0.05, 0) is 56.4 Å². The van der Waals surface area contributed by atoms with Gasteiger partial charge in [0, 0.05) is 38.5 Å². The summed E-state index contributed by atoms with van der Waals surface area (Å²) in [5, 5.41) is 3.11. The van der Waals surface area contributed by atoms with E-state index in [0.717, 1.165) is 44.1 Å². The molecule has 2 saturated heterocycles. The maximum atomic E-state index is 13.7. The average molecular weight is 441 g/mol. The van der Waals surface area contributed by atoms with Crippen molar-refractivity contribution in [1.82, 2.24) is 15.1 Å². The van der Waals surface area contributed by atoms with Gasteiger partial charge in [-0.15, -0.1) is 0 Å². The van der Waals surface area contributed by atoms with Crippen LogP contribution >= 0.6 is 0 Å². The second-order valence-corrected chi connectivity index (χ2v) is 9.68. The molecule has 174 valence electrons. The van der Waals surface area contributed by atoms with Crippen molar-refractivity contribution in [2.75, 3.05) is 19.6 Å². The van der Waals surface area contributed by atoms with Crippen molar-refractivity contribution < 1.29 is 14.4 Å². The number of carbonyl (C=O) groups is 3. The molecule has 0 unspecified atom stereocenters. The van der Waals surface area contributed by atoms with Crippen LogP contribution in [-0.4, -0.2) is 65.3 Å². The highest BCUT2D eigenvalue weighted by Crippen LogP contribution is 2.36. The smallest absolute Gasteiger partial charge is 0.246 e. The topological polar surface area (TPSA) is 95.7 Å². The Labute approximate surface area is 190 Å². The molecule has 3 amide bonds. The molecule has 2 heterocycles. The van der Waals surface area contributed by atoms with Crippen LogP contribution in [0.25, 0.3) is 0 Å². The van der Waals surface area contributed by atoms with Gasteiger partial charge in [0.2, 0.25) is 17.7 Å². The van der Waals surface area contributed by atoms with Gasteiger partial charge in [0.1, 0.15) is 12.1 Å². The zero-order chi connectivity index (χ0) is 22.7. The fraction of sp³-hybridized carbons (Fsp3) is 0.640. The molecule has 2 aliphatic heterocycles. The minimum absolute atomic E-state index is 0.0386. The summed E-state index contributed by atoms with van der Waals surface area (Å²) >= 11 is 0. The van der Waals surface area contributed by atoms with Gasteiger partial charge in [0.05, 0.1) is 0 Å². The van der Waals surface area contributed by atoms with Crippen LogP contribution in [0.15, 0.2) is 30.3 Å². The summed E-state index contributed by atoms with van der Waals surface area (Å²) in [6.45, 7) is 3.32. The summed E-state index contributed by atoms with van der Waals surface area (Å²) in [5.41, 5.74) is 7.06. The average Bonchev–Trinajstić information content (AvgIpc) is 3.46. The maximum Gasteiger partial charge on any atom is 0.246 e. The largest absolute Gasteiger partial charge is 0.354 e. The number of benzene rings is 1. The fourth-order valence-electron chi connectivity index (χ4n) is 5.73. The number of rotatable bonds is 5. The van der Waals surface area contributed by atoms with Crippen LogP contribution in [0.2, 0.25) is 0 Å². The van der Waals surface area contributed by atoms with E-state index in [4.69, 9.17) is 5.73 Å². The van der Waals surface area contributed by atoms with Crippen LogP contribution in [0.3, 0.4) is 0 Å². The van der Waals surface area contributed by atoms with Crippen molar-refractivity contribution in [3.63, 3.8) is 0 Å². The van der Waals surface area contributed by atoms with Crippen molar-refractivity contribution in [2.45, 2.75) is 75.9 Å². The minimum Gasteiger partial charge on any atom is -0.354 e. The van der Waals surface area contributed by atoms with E-state index in [1.807, 2.05) is 30.3 Å². The quantitative estimate of drug-likeness (QED) is 0.732. The Hall–Kier alpha value is -2.41.